The van der Waals surface area contributed by atoms with Gasteiger partial charge >= 0.3 is 5.97 Å². The Labute approximate surface area is 188 Å². The van der Waals surface area contributed by atoms with E-state index in [2.05, 4.69) is 10.0 Å². The second kappa shape index (κ2) is 10.9. The van der Waals surface area contributed by atoms with Gasteiger partial charge in [0, 0.05) is 11.3 Å². The topological polar surface area (TPSA) is 119 Å². The Kier molecular flexibility index (Phi) is 8.54. The number of hydrogen-bond acceptors (Lipinski definition) is 6. The first kappa shape index (κ1) is 25.1. The van der Waals surface area contributed by atoms with Gasteiger partial charge in [0.25, 0.3) is 0 Å². The van der Waals surface area contributed by atoms with E-state index in [1.165, 1.54) is 31.2 Å². The molecule has 0 radical (unpaired) electrons. The van der Waals surface area contributed by atoms with Crippen molar-refractivity contribution in [1.82, 2.24) is 5.32 Å². The third-order valence-electron chi connectivity index (χ3n) is 4.58. The fraction of sp³-hybridized carbons (Fsp3) is 0.348. The summed E-state index contributed by atoms with van der Waals surface area (Å²) >= 11 is 0. The summed E-state index contributed by atoms with van der Waals surface area (Å²) in [5.74, 6) is -1.70. The summed E-state index contributed by atoms with van der Waals surface area (Å²) in [7, 11) is -3.43. The van der Waals surface area contributed by atoms with E-state index in [1.54, 1.807) is 13.8 Å². The third-order valence-corrected chi connectivity index (χ3v) is 5.19. The van der Waals surface area contributed by atoms with E-state index in [0.717, 1.165) is 11.8 Å². The van der Waals surface area contributed by atoms with E-state index in [9.17, 15) is 22.8 Å². The van der Waals surface area contributed by atoms with Crippen LogP contribution >= 0.6 is 0 Å². The zero-order valence-electron chi connectivity index (χ0n) is 18.5. The van der Waals surface area contributed by atoms with Crippen molar-refractivity contribution in [3.63, 3.8) is 0 Å². The number of esters is 1. The fourth-order valence-corrected chi connectivity index (χ4v) is 3.52. The van der Waals surface area contributed by atoms with E-state index in [0.29, 0.717) is 5.69 Å². The van der Waals surface area contributed by atoms with Gasteiger partial charge in [-0.1, -0.05) is 44.2 Å². The Balaban J connectivity index is 1.99. The van der Waals surface area contributed by atoms with Crippen LogP contribution in [-0.4, -0.2) is 44.5 Å². The first-order valence-corrected chi connectivity index (χ1v) is 12.0. The molecule has 2 aromatic carbocycles. The van der Waals surface area contributed by atoms with Crippen molar-refractivity contribution in [2.75, 3.05) is 11.0 Å². The average molecular weight is 461 g/mol. The molecule has 0 bridgehead atoms. The lowest BCUT2D eigenvalue weighted by Gasteiger charge is -2.23. The molecule has 2 unspecified atom stereocenters. The minimum atomic E-state index is -3.43. The van der Waals surface area contributed by atoms with Crippen LogP contribution in [0.25, 0.3) is 0 Å². The summed E-state index contributed by atoms with van der Waals surface area (Å²) in [5.41, 5.74) is 1.39. The van der Waals surface area contributed by atoms with Crippen molar-refractivity contribution in [3.8, 4) is 0 Å². The van der Waals surface area contributed by atoms with Crippen LogP contribution in [0.2, 0.25) is 0 Å². The highest BCUT2D eigenvalue weighted by Crippen LogP contribution is 2.15. The number of ketones is 1. The van der Waals surface area contributed by atoms with Crippen molar-refractivity contribution < 1.29 is 27.5 Å². The normalized spacial score (nSPS) is 13.2. The highest BCUT2D eigenvalue weighted by molar-refractivity contribution is 7.92. The number of carbonyl (C=O) groups excluding carboxylic acids is 3. The summed E-state index contributed by atoms with van der Waals surface area (Å²) in [6.07, 6.45) is 0.0698. The van der Waals surface area contributed by atoms with Gasteiger partial charge in [-0.05, 0) is 42.7 Å². The second-order valence-corrected chi connectivity index (χ2v) is 9.59. The van der Waals surface area contributed by atoms with Crippen molar-refractivity contribution >= 4 is 33.4 Å². The highest BCUT2D eigenvalue weighted by atomic mass is 32.2. The van der Waals surface area contributed by atoms with Crippen LogP contribution in [0, 0.1) is 5.92 Å². The van der Waals surface area contributed by atoms with Crippen LogP contribution in [0.5, 0.6) is 0 Å². The fourth-order valence-electron chi connectivity index (χ4n) is 2.96. The molecule has 32 heavy (non-hydrogen) atoms. The number of carbonyl (C=O) groups is 3. The van der Waals surface area contributed by atoms with Gasteiger partial charge < -0.3 is 10.1 Å². The van der Waals surface area contributed by atoms with Crippen molar-refractivity contribution in [1.29, 1.82) is 0 Å². The summed E-state index contributed by atoms with van der Waals surface area (Å²) in [5, 5.41) is 2.69. The number of sulfonamides is 1. The van der Waals surface area contributed by atoms with E-state index in [-0.39, 0.29) is 23.8 Å². The Bertz CT molecular complexity index is 1050. The molecule has 0 saturated carbocycles. The van der Waals surface area contributed by atoms with Gasteiger partial charge in [-0.15, -0.1) is 0 Å². The minimum absolute atomic E-state index is 0.125. The Hall–Kier alpha value is -3.20. The molecule has 0 spiro atoms. The molecule has 0 heterocycles. The Morgan fingerprint density at radius 2 is 1.53 bits per heavy atom. The third kappa shape index (κ3) is 7.81. The van der Waals surface area contributed by atoms with Gasteiger partial charge in [0.2, 0.25) is 21.7 Å². The van der Waals surface area contributed by atoms with E-state index in [4.69, 9.17) is 4.74 Å². The van der Waals surface area contributed by atoms with Crippen LogP contribution < -0.4 is 10.0 Å². The van der Waals surface area contributed by atoms with Crippen LogP contribution in [0.3, 0.4) is 0 Å². The molecule has 2 atom stereocenters. The van der Waals surface area contributed by atoms with E-state index < -0.39 is 33.9 Å². The molecular weight excluding hydrogens is 432 g/mol. The lowest BCUT2D eigenvalue weighted by Crippen LogP contribution is -2.47. The van der Waals surface area contributed by atoms with E-state index >= 15 is 0 Å². The van der Waals surface area contributed by atoms with Crippen LogP contribution in [-0.2, 0) is 30.8 Å². The van der Waals surface area contributed by atoms with Crippen molar-refractivity contribution in [2.45, 2.75) is 39.3 Å². The summed E-state index contributed by atoms with van der Waals surface area (Å²) in [4.78, 5) is 37.7. The smallest absolute Gasteiger partial charge is 0.329 e. The molecule has 9 heteroatoms. The molecule has 0 aliphatic carbocycles. The molecule has 0 aromatic heterocycles. The predicted molar refractivity (Wildman–Crippen MR) is 122 cm³/mol. The van der Waals surface area contributed by atoms with Gasteiger partial charge in [0.15, 0.2) is 6.10 Å². The number of rotatable bonds is 10. The SMILES string of the molecule is CC(OC(=O)C(NC(=O)Cc1ccccc1)C(C)C)C(=O)c1ccc(NS(C)(=O)=O)cc1. The molecule has 8 nitrogen and oxygen atoms in total. The molecule has 2 N–H and O–H groups in total. The zero-order chi connectivity index (χ0) is 23.9. The Morgan fingerprint density at radius 1 is 0.938 bits per heavy atom. The zero-order valence-corrected chi connectivity index (χ0v) is 19.3. The summed E-state index contributed by atoms with van der Waals surface area (Å²) in [6.45, 7) is 5.00. The maximum atomic E-state index is 12.7. The summed E-state index contributed by atoms with van der Waals surface area (Å²) in [6, 6.07) is 14.0. The molecular formula is C23H28N2O6S. The monoisotopic (exact) mass is 460 g/mol. The first-order chi connectivity index (χ1) is 15.0. The van der Waals surface area contributed by atoms with Crippen LogP contribution in [0.1, 0.15) is 36.7 Å². The highest BCUT2D eigenvalue weighted by Gasteiger charge is 2.29. The lowest BCUT2D eigenvalue weighted by atomic mass is 10.0. The molecule has 2 rings (SSSR count). The molecule has 0 aliphatic rings. The van der Waals surface area contributed by atoms with Crippen molar-refractivity contribution in [3.05, 3.63) is 65.7 Å². The number of nitrogens with one attached hydrogen (secondary N) is 2. The maximum absolute atomic E-state index is 12.7. The number of amides is 1. The largest absolute Gasteiger partial charge is 0.453 e. The Morgan fingerprint density at radius 3 is 2.06 bits per heavy atom. The summed E-state index contributed by atoms with van der Waals surface area (Å²) < 4.78 is 30.2. The average Bonchev–Trinajstić information content (AvgIpc) is 2.71. The van der Waals surface area contributed by atoms with Gasteiger partial charge in [-0.2, -0.15) is 0 Å². The predicted octanol–water partition coefficient (Wildman–Crippen LogP) is 2.56. The molecule has 0 aliphatic heterocycles. The second-order valence-electron chi connectivity index (χ2n) is 7.85. The number of benzene rings is 2. The molecule has 2 aromatic rings. The standard InChI is InChI=1S/C23H28N2O6S/c1-15(2)21(24-20(26)14-17-8-6-5-7-9-17)23(28)31-16(3)22(27)18-10-12-19(13-11-18)25-32(4,29)30/h5-13,15-16,21,25H,14H2,1-4H3,(H,24,26). The van der Waals surface area contributed by atoms with Crippen molar-refractivity contribution in [2.24, 2.45) is 5.92 Å². The molecule has 0 saturated heterocycles. The number of hydrogen-bond donors (Lipinski definition) is 2. The van der Waals surface area contributed by atoms with Crippen LogP contribution in [0.4, 0.5) is 5.69 Å². The molecule has 0 fully saturated rings. The first-order valence-electron chi connectivity index (χ1n) is 10.1. The van der Waals surface area contributed by atoms with E-state index in [1.807, 2.05) is 30.3 Å². The molecule has 1 amide bonds. The number of Topliss-reactive ketones (excluding diaryl/α,β-unsaturated/α-hetero) is 1. The van der Waals surface area contributed by atoms with Gasteiger partial charge in [0.1, 0.15) is 6.04 Å². The number of ether oxygens (including phenoxy) is 1. The molecule has 172 valence electrons. The van der Waals surface area contributed by atoms with Gasteiger partial charge in [0.05, 0.1) is 12.7 Å². The van der Waals surface area contributed by atoms with Gasteiger partial charge in [-0.3, -0.25) is 14.3 Å². The number of anilines is 1. The van der Waals surface area contributed by atoms with Gasteiger partial charge in [-0.25, -0.2) is 13.2 Å². The minimum Gasteiger partial charge on any atom is -0.453 e. The quantitative estimate of drug-likeness (QED) is 0.416. The maximum Gasteiger partial charge on any atom is 0.329 e. The van der Waals surface area contributed by atoms with Crippen LogP contribution in [0.15, 0.2) is 54.6 Å². The lowest BCUT2D eigenvalue weighted by molar-refractivity contribution is -0.151.